The number of phenols is 1. The maximum absolute atomic E-state index is 12.6. The zero-order chi connectivity index (χ0) is 19.0. The van der Waals surface area contributed by atoms with E-state index in [9.17, 15) is 19.8 Å². The van der Waals surface area contributed by atoms with Gasteiger partial charge in [-0.05, 0) is 31.2 Å². The van der Waals surface area contributed by atoms with Crippen LogP contribution in [0.1, 0.15) is 22.8 Å². The molecule has 2 aromatic carbocycles. The van der Waals surface area contributed by atoms with E-state index in [0.717, 1.165) is 0 Å². The number of pyridine rings is 1. The average Bonchev–Trinajstić information content (AvgIpc) is 2.59. The Balaban J connectivity index is 2.18. The number of hydrogen-bond donors (Lipinski definition) is 3. The van der Waals surface area contributed by atoms with Gasteiger partial charge in [-0.3, -0.25) is 9.79 Å². The van der Waals surface area contributed by atoms with Crippen LogP contribution >= 0.6 is 0 Å². The molecule has 0 bridgehead atoms. The summed E-state index contributed by atoms with van der Waals surface area (Å²) in [4.78, 5) is 27.8. The van der Waals surface area contributed by atoms with Crippen molar-refractivity contribution in [1.82, 2.24) is 4.57 Å². The molecule has 0 spiro atoms. The van der Waals surface area contributed by atoms with E-state index in [1.54, 1.807) is 38.2 Å². The Morgan fingerprint density at radius 3 is 2.46 bits per heavy atom. The zero-order valence-electron chi connectivity index (χ0n) is 14.1. The number of aromatic hydroxyl groups is 2. The lowest BCUT2D eigenvalue weighted by Crippen LogP contribution is -2.24. The van der Waals surface area contributed by atoms with E-state index in [1.165, 1.54) is 22.8 Å². The van der Waals surface area contributed by atoms with Crippen molar-refractivity contribution in [3.63, 3.8) is 0 Å². The van der Waals surface area contributed by atoms with Crippen LogP contribution in [0.4, 0.5) is 5.69 Å². The molecule has 132 valence electrons. The molecule has 0 amide bonds. The Bertz CT molecular complexity index is 1130. The van der Waals surface area contributed by atoms with Crippen LogP contribution < -0.4 is 5.56 Å². The monoisotopic (exact) mass is 352 g/mol. The average molecular weight is 352 g/mol. The van der Waals surface area contributed by atoms with E-state index >= 15 is 0 Å². The number of aryl methyl sites for hydroxylation is 1. The van der Waals surface area contributed by atoms with E-state index in [-0.39, 0.29) is 28.3 Å². The molecule has 1 aromatic heterocycles. The van der Waals surface area contributed by atoms with Crippen LogP contribution in [0.15, 0.2) is 52.3 Å². The molecule has 0 aliphatic carbocycles. The number of rotatable bonds is 3. The Morgan fingerprint density at radius 1 is 1.12 bits per heavy atom. The van der Waals surface area contributed by atoms with Gasteiger partial charge in [0, 0.05) is 18.5 Å². The van der Waals surface area contributed by atoms with E-state index in [1.807, 2.05) is 0 Å². The summed E-state index contributed by atoms with van der Waals surface area (Å²) in [6, 6.07) is 10.8. The topological polar surface area (TPSA) is 112 Å². The lowest BCUT2D eigenvalue weighted by atomic mass is 10.1. The van der Waals surface area contributed by atoms with Gasteiger partial charge in [-0.1, -0.05) is 12.1 Å². The predicted octanol–water partition coefficient (Wildman–Crippen LogP) is 2.79. The number of carbonyl (C=O) groups is 1. The number of aliphatic imine (C=N–C) groups is 1. The Kier molecular flexibility index (Phi) is 4.21. The number of benzene rings is 2. The number of carboxylic acid groups (broad SMARTS) is 1. The number of carboxylic acids is 1. The summed E-state index contributed by atoms with van der Waals surface area (Å²) >= 11 is 0. The van der Waals surface area contributed by atoms with Gasteiger partial charge in [0.1, 0.15) is 22.6 Å². The zero-order valence-corrected chi connectivity index (χ0v) is 14.1. The molecule has 0 saturated heterocycles. The Hall–Kier alpha value is -3.61. The van der Waals surface area contributed by atoms with E-state index < -0.39 is 17.3 Å². The predicted molar refractivity (Wildman–Crippen MR) is 97.8 cm³/mol. The second-order valence-corrected chi connectivity index (χ2v) is 5.81. The first-order chi connectivity index (χ1) is 12.3. The van der Waals surface area contributed by atoms with Crippen molar-refractivity contribution in [2.45, 2.75) is 6.92 Å². The SMILES string of the molecule is CC(=Nc1ccc(C(=O)O)c(O)c1)c1c(O)c2ccccc2n(C)c1=O. The lowest BCUT2D eigenvalue weighted by Gasteiger charge is -2.11. The van der Waals surface area contributed by atoms with Crippen LogP contribution in [-0.4, -0.2) is 31.6 Å². The molecule has 0 aliphatic heterocycles. The highest BCUT2D eigenvalue weighted by atomic mass is 16.4. The van der Waals surface area contributed by atoms with Gasteiger partial charge in [-0.25, -0.2) is 4.79 Å². The quantitative estimate of drug-likeness (QED) is 0.628. The first-order valence-corrected chi connectivity index (χ1v) is 7.74. The molecule has 3 N–H and O–H groups in total. The summed E-state index contributed by atoms with van der Waals surface area (Å²) in [6.07, 6.45) is 0. The smallest absolute Gasteiger partial charge is 0.339 e. The molecule has 0 saturated carbocycles. The lowest BCUT2D eigenvalue weighted by molar-refractivity contribution is 0.0694. The van der Waals surface area contributed by atoms with Crippen molar-refractivity contribution in [2.24, 2.45) is 12.0 Å². The third-order valence-electron chi connectivity index (χ3n) is 4.15. The molecule has 0 radical (unpaired) electrons. The van der Waals surface area contributed by atoms with Gasteiger partial charge in [-0.2, -0.15) is 0 Å². The van der Waals surface area contributed by atoms with Gasteiger partial charge in [0.25, 0.3) is 5.56 Å². The van der Waals surface area contributed by atoms with Crippen LogP contribution in [0.2, 0.25) is 0 Å². The van der Waals surface area contributed by atoms with Crippen molar-refractivity contribution >= 4 is 28.3 Å². The maximum Gasteiger partial charge on any atom is 0.339 e. The van der Waals surface area contributed by atoms with E-state index in [4.69, 9.17) is 5.11 Å². The molecule has 0 aliphatic rings. The highest BCUT2D eigenvalue weighted by Gasteiger charge is 2.17. The number of nitrogens with zero attached hydrogens (tertiary/aromatic N) is 2. The first-order valence-electron chi connectivity index (χ1n) is 7.74. The van der Waals surface area contributed by atoms with Crippen molar-refractivity contribution < 1.29 is 20.1 Å². The van der Waals surface area contributed by atoms with Crippen LogP contribution in [0, 0.1) is 0 Å². The summed E-state index contributed by atoms with van der Waals surface area (Å²) in [6.45, 7) is 1.56. The summed E-state index contributed by atoms with van der Waals surface area (Å²) < 4.78 is 1.43. The van der Waals surface area contributed by atoms with E-state index in [0.29, 0.717) is 10.9 Å². The normalized spacial score (nSPS) is 11.7. The molecule has 0 atom stereocenters. The molecule has 0 unspecified atom stereocenters. The van der Waals surface area contributed by atoms with Gasteiger partial charge < -0.3 is 19.9 Å². The second-order valence-electron chi connectivity index (χ2n) is 5.81. The van der Waals surface area contributed by atoms with Crippen molar-refractivity contribution in [3.05, 3.63) is 63.9 Å². The fourth-order valence-corrected chi connectivity index (χ4v) is 2.83. The minimum atomic E-state index is -1.25. The van der Waals surface area contributed by atoms with Crippen LogP contribution in [0.5, 0.6) is 11.5 Å². The number of hydrogen-bond acceptors (Lipinski definition) is 5. The van der Waals surface area contributed by atoms with Gasteiger partial charge in [-0.15, -0.1) is 0 Å². The fraction of sp³-hybridized carbons (Fsp3) is 0.105. The van der Waals surface area contributed by atoms with Gasteiger partial charge in [0.2, 0.25) is 0 Å². The molecule has 7 nitrogen and oxygen atoms in total. The largest absolute Gasteiger partial charge is 0.507 e. The number of aromatic nitrogens is 1. The minimum Gasteiger partial charge on any atom is -0.507 e. The molecule has 1 heterocycles. The summed E-state index contributed by atoms with van der Waals surface area (Å²) in [5.74, 6) is -1.85. The van der Waals surface area contributed by atoms with Gasteiger partial charge in [0.05, 0.1) is 16.9 Å². The highest BCUT2D eigenvalue weighted by molar-refractivity contribution is 6.06. The van der Waals surface area contributed by atoms with E-state index in [2.05, 4.69) is 4.99 Å². The van der Waals surface area contributed by atoms with Gasteiger partial charge >= 0.3 is 5.97 Å². The number of para-hydroxylation sites is 1. The van der Waals surface area contributed by atoms with Crippen LogP contribution in [-0.2, 0) is 7.05 Å². The van der Waals surface area contributed by atoms with Crippen LogP contribution in [0.3, 0.4) is 0 Å². The number of aromatic carboxylic acids is 1. The Morgan fingerprint density at radius 2 is 1.81 bits per heavy atom. The molecule has 7 heteroatoms. The molecular weight excluding hydrogens is 336 g/mol. The molecule has 3 aromatic rings. The number of fused-ring (bicyclic) bond motifs is 1. The standard InChI is InChI=1S/C19H16N2O5/c1-10(20-11-7-8-13(19(25)26)15(22)9-11)16-17(23)12-5-3-4-6-14(12)21(2)18(16)24/h3-9,22-23H,1-2H3,(H,25,26). The fourth-order valence-electron chi connectivity index (χ4n) is 2.83. The molecular formula is C19H16N2O5. The van der Waals surface area contributed by atoms with Crippen LogP contribution in [0.25, 0.3) is 10.9 Å². The Labute approximate surface area is 148 Å². The third kappa shape index (κ3) is 2.79. The van der Waals surface area contributed by atoms with Crippen molar-refractivity contribution in [1.29, 1.82) is 0 Å². The first kappa shape index (κ1) is 17.2. The minimum absolute atomic E-state index is 0.0491. The summed E-state index contributed by atoms with van der Waals surface area (Å²) in [5, 5.41) is 29.8. The summed E-state index contributed by atoms with van der Waals surface area (Å²) in [5.41, 5.74) is 0.499. The maximum atomic E-state index is 12.6. The van der Waals surface area contributed by atoms with Crippen molar-refractivity contribution in [3.8, 4) is 11.5 Å². The molecule has 26 heavy (non-hydrogen) atoms. The summed E-state index contributed by atoms with van der Waals surface area (Å²) in [7, 11) is 1.61. The molecule has 0 fully saturated rings. The third-order valence-corrected chi connectivity index (χ3v) is 4.15. The van der Waals surface area contributed by atoms with Crippen molar-refractivity contribution in [2.75, 3.05) is 0 Å². The second kappa shape index (κ2) is 6.36. The van der Waals surface area contributed by atoms with Gasteiger partial charge in [0.15, 0.2) is 0 Å². The molecule has 3 rings (SSSR count). The highest BCUT2D eigenvalue weighted by Crippen LogP contribution is 2.28.